The van der Waals surface area contributed by atoms with Gasteiger partial charge in [0.25, 0.3) is 5.91 Å². The molecule has 0 spiro atoms. The number of piperazine rings is 1. The number of nitrogens with one attached hydrogen (secondary N) is 3. The lowest BCUT2D eigenvalue weighted by atomic mass is 10.1. The van der Waals surface area contributed by atoms with Crippen LogP contribution in [0.15, 0.2) is 30.3 Å². The van der Waals surface area contributed by atoms with E-state index in [1.807, 2.05) is 0 Å². The Morgan fingerprint density at radius 1 is 1.25 bits per heavy atom. The van der Waals surface area contributed by atoms with Crippen LogP contribution >= 0.6 is 0 Å². The molecule has 2 aliphatic rings. The van der Waals surface area contributed by atoms with Crippen molar-refractivity contribution in [2.24, 2.45) is 0 Å². The molecule has 5 nitrogen and oxygen atoms in total. The van der Waals surface area contributed by atoms with Crippen molar-refractivity contribution in [3.05, 3.63) is 35.9 Å². The van der Waals surface area contributed by atoms with Gasteiger partial charge in [-0.1, -0.05) is 30.3 Å². The number of hydrogen-bond acceptors (Lipinski definition) is 2. The summed E-state index contributed by atoms with van der Waals surface area (Å²) < 4.78 is 5.57. The summed E-state index contributed by atoms with van der Waals surface area (Å²) in [6, 6.07) is 10.7. The van der Waals surface area contributed by atoms with Gasteiger partial charge in [-0.15, -0.1) is 0 Å². The molecule has 0 radical (unpaired) electrons. The van der Waals surface area contributed by atoms with Gasteiger partial charge in [-0.3, -0.25) is 4.79 Å². The molecule has 1 aromatic rings. The highest BCUT2D eigenvalue weighted by atomic mass is 16.5. The molecule has 0 aromatic heterocycles. The molecular formula is C19H31N3O2+2. The van der Waals surface area contributed by atoms with Crippen LogP contribution in [0.3, 0.4) is 0 Å². The number of quaternary nitrogens is 2. The summed E-state index contributed by atoms with van der Waals surface area (Å²) in [5.41, 5.74) is 1.40. The molecule has 3 rings (SSSR count). The van der Waals surface area contributed by atoms with E-state index in [-0.39, 0.29) is 18.1 Å². The van der Waals surface area contributed by atoms with Gasteiger partial charge in [0.2, 0.25) is 0 Å². The smallest absolute Gasteiger partial charge is 0.278 e. The first-order chi connectivity index (χ1) is 11.7. The Hall–Kier alpha value is -1.43. The zero-order chi connectivity index (χ0) is 16.8. The van der Waals surface area contributed by atoms with Crippen LogP contribution in [0.4, 0.5) is 0 Å². The molecule has 5 heteroatoms. The average Bonchev–Trinajstić information content (AvgIpc) is 3.14. The number of hydrogen-bond donors (Lipinski definition) is 3. The lowest BCUT2D eigenvalue weighted by Gasteiger charge is -2.32. The van der Waals surface area contributed by atoms with Gasteiger partial charge in [-0.2, -0.15) is 0 Å². The Bertz CT molecular complexity index is 509. The Labute approximate surface area is 145 Å². The quantitative estimate of drug-likeness (QED) is 0.603. The van der Waals surface area contributed by atoms with E-state index in [4.69, 9.17) is 4.74 Å². The number of amides is 1. The third-order valence-electron chi connectivity index (χ3n) is 5.43. The summed E-state index contributed by atoms with van der Waals surface area (Å²) in [6.07, 6.45) is 2.42. The van der Waals surface area contributed by atoms with Crippen LogP contribution in [-0.4, -0.2) is 57.4 Å². The van der Waals surface area contributed by atoms with Crippen LogP contribution in [0.25, 0.3) is 0 Å². The minimum absolute atomic E-state index is 0.0321. The number of carbonyl (C=O) groups is 1. The summed E-state index contributed by atoms with van der Waals surface area (Å²) in [5, 5.41) is 3.08. The van der Waals surface area contributed by atoms with Crippen molar-refractivity contribution in [2.75, 3.05) is 39.3 Å². The third kappa shape index (κ3) is 4.79. The molecule has 0 unspecified atom stereocenters. The van der Waals surface area contributed by atoms with E-state index >= 15 is 0 Å². The molecule has 2 saturated heterocycles. The summed E-state index contributed by atoms with van der Waals surface area (Å²) in [5.74, 6) is 0.173. The van der Waals surface area contributed by atoms with Crippen LogP contribution in [-0.2, 0) is 16.1 Å². The monoisotopic (exact) mass is 333 g/mol. The predicted molar refractivity (Wildman–Crippen MR) is 93.0 cm³/mol. The molecule has 2 aliphatic heterocycles. The summed E-state index contributed by atoms with van der Waals surface area (Å²) in [4.78, 5) is 15.4. The largest absolute Gasteiger partial charge is 0.376 e. The summed E-state index contributed by atoms with van der Waals surface area (Å²) >= 11 is 0. The molecule has 1 aromatic carbocycles. The van der Waals surface area contributed by atoms with Gasteiger partial charge in [0, 0.05) is 18.7 Å². The standard InChI is InChI=1S/C19H29N3O2/c1-16(19(23)20-14-18-8-5-13-24-18)22-11-9-21(10-12-22)15-17-6-3-2-4-7-17/h2-4,6-7,16,18H,5,8-15H2,1H3,(H,20,23)/p+2/t16-,18-/m0/s1. The summed E-state index contributed by atoms with van der Waals surface area (Å²) in [7, 11) is 0. The first-order valence-corrected chi connectivity index (χ1v) is 9.34. The fourth-order valence-corrected chi connectivity index (χ4v) is 3.78. The normalized spacial score (nSPS) is 28.5. The zero-order valence-electron chi connectivity index (χ0n) is 14.7. The first-order valence-electron chi connectivity index (χ1n) is 9.34. The Morgan fingerprint density at radius 3 is 2.67 bits per heavy atom. The third-order valence-corrected chi connectivity index (χ3v) is 5.43. The fourth-order valence-electron chi connectivity index (χ4n) is 3.78. The number of ether oxygens (including phenoxy) is 1. The molecule has 0 saturated carbocycles. The Balaban J connectivity index is 1.39. The van der Waals surface area contributed by atoms with Gasteiger partial charge in [-0.05, 0) is 19.8 Å². The summed E-state index contributed by atoms with van der Waals surface area (Å²) in [6.45, 7) is 9.06. The molecular weight excluding hydrogens is 302 g/mol. The highest BCUT2D eigenvalue weighted by Crippen LogP contribution is 2.10. The maximum absolute atomic E-state index is 12.4. The van der Waals surface area contributed by atoms with E-state index in [9.17, 15) is 4.79 Å². The fraction of sp³-hybridized carbons (Fsp3) is 0.632. The Kier molecular flexibility index (Phi) is 6.24. The van der Waals surface area contributed by atoms with E-state index in [0.29, 0.717) is 6.54 Å². The van der Waals surface area contributed by atoms with Crippen molar-refractivity contribution in [3.8, 4) is 0 Å². The second kappa shape index (κ2) is 8.60. The van der Waals surface area contributed by atoms with Crippen molar-refractivity contribution in [1.29, 1.82) is 0 Å². The van der Waals surface area contributed by atoms with E-state index in [1.54, 1.807) is 4.90 Å². The van der Waals surface area contributed by atoms with Gasteiger partial charge < -0.3 is 19.9 Å². The number of rotatable bonds is 6. The molecule has 2 atom stereocenters. The van der Waals surface area contributed by atoms with Crippen LogP contribution in [0.1, 0.15) is 25.3 Å². The van der Waals surface area contributed by atoms with Crippen LogP contribution < -0.4 is 15.1 Å². The van der Waals surface area contributed by atoms with Gasteiger partial charge in [0.1, 0.15) is 32.7 Å². The lowest BCUT2D eigenvalue weighted by molar-refractivity contribution is -1.02. The second-order valence-corrected chi connectivity index (χ2v) is 7.17. The molecule has 2 heterocycles. The molecule has 132 valence electrons. The zero-order valence-corrected chi connectivity index (χ0v) is 14.7. The minimum Gasteiger partial charge on any atom is -0.376 e. The van der Waals surface area contributed by atoms with Gasteiger partial charge >= 0.3 is 0 Å². The molecule has 24 heavy (non-hydrogen) atoms. The number of benzene rings is 1. The Morgan fingerprint density at radius 2 is 2.00 bits per heavy atom. The van der Waals surface area contributed by atoms with E-state index < -0.39 is 0 Å². The lowest BCUT2D eigenvalue weighted by Crippen LogP contribution is -3.29. The van der Waals surface area contributed by atoms with Gasteiger partial charge in [0.05, 0.1) is 6.10 Å². The molecule has 1 amide bonds. The number of carbonyl (C=O) groups excluding carboxylic acids is 1. The topological polar surface area (TPSA) is 47.2 Å². The van der Waals surface area contributed by atoms with Crippen molar-refractivity contribution in [3.63, 3.8) is 0 Å². The van der Waals surface area contributed by atoms with E-state index in [2.05, 4.69) is 42.6 Å². The minimum atomic E-state index is 0.0321. The average molecular weight is 333 g/mol. The maximum Gasteiger partial charge on any atom is 0.278 e. The first kappa shape index (κ1) is 17.4. The van der Waals surface area contributed by atoms with Crippen LogP contribution in [0.2, 0.25) is 0 Å². The van der Waals surface area contributed by atoms with E-state index in [1.165, 1.54) is 10.5 Å². The second-order valence-electron chi connectivity index (χ2n) is 7.17. The van der Waals surface area contributed by atoms with Crippen molar-refractivity contribution in [1.82, 2.24) is 5.32 Å². The predicted octanol–water partition coefficient (Wildman–Crippen LogP) is -1.35. The van der Waals surface area contributed by atoms with Crippen molar-refractivity contribution < 1.29 is 19.3 Å². The van der Waals surface area contributed by atoms with Crippen molar-refractivity contribution >= 4 is 5.91 Å². The maximum atomic E-state index is 12.4. The SMILES string of the molecule is C[C@@H](C(=O)NC[C@@H]1CCCO1)[NH+]1CC[NH+](Cc2ccccc2)CC1. The molecule has 0 aliphatic carbocycles. The molecule has 2 fully saturated rings. The van der Waals surface area contributed by atoms with Crippen LogP contribution in [0, 0.1) is 0 Å². The molecule has 3 N–H and O–H groups in total. The molecule has 0 bridgehead atoms. The highest BCUT2D eigenvalue weighted by Gasteiger charge is 2.31. The van der Waals surface area contributed by atoms with E-state index in [0.717, 1.165) is 52.2 Å². The van der Waals surface area contributed by atoms with Crippen LogP contribution in [0.5, 0.6) is 0 Å². The van der Waals surface area contributed by atoms with Crippen molar-refractivity contribution in [2.45, 2.75) is 38.5 Å². The van der Waals surface area contributed by atoms with Gasteiger partial charge in [0.15, 0.2) is 6.04 Å². The highest BCUT2D eigenvalue weighted by molar-refractivity contribution is 5.79. The van der Waals surface area contributed by atoms with Gasteiger partial charge in [-0.25, -0.2) is 0 Å².